The van der Waals surface area contributed by atoms with Crippen LogP contribution in [0.4, 0.5) is 4.79 Å². The van der Waals surface area contributed by atoms with Gasteiger partial charge in [0.05, 0.1) is 5.71 Å². The van der Waals surface area contributed by atoms with E-state index in [1.165, 1.54) is 0 Å². The number of carbonyl (C=O) groups excluding carboxylic acids is 1. The molecule has 3 aliphatic rings. The van der Waals surface area contributed by atoms with Crippen molar-refractivity contribution >= 4 is 11.8 Å². The van der Waals surface area contributed by atoms with E-state index in [-0.39, 0.29) is 12.2 Å². The summed E-state index contributed by atoms with van der Waals surface area (Å²) in [5.41, 5.74) is 0.148. The smallest absolute Gasteiger partial charge is 0.410 e. The summed E-state index contributed by atoms with van der Waals surface area (Å²) in [7, 11) is 1.70. The van der Waals surface area contributed by atoms with Crippen LogP contribution in [-0.4, -0.2) is 54.2 Å². The number of hydrogen-bond acceptors (Lipinski definition) is 5. The van der Waals surface area contributed by atoms with Crippen molar-refractivity contribution in [3.05, 3.63) is 0 Å². The Balaban J connectivity index is 1.59. The van der Waals surface area contributed by atoms with Gasteiger partial charge in [-0.3, -0.25) is 0 Å². The van der Waals surface area contributed by atoms with E-state index in [1.54, 1.807) is 12.0 Å². The van der Waals surface area contributed by atoms with E-state index >= 15 is 0 Å². The van der Waals surface area contributed by atoms with E-state index < -0.39 is 11.2 Å². The Hall–Kier alpha value is -1.30. The quantitative estimate of drug-likeness (QED) is 0.785. The van der Waals surface area contributed by atoms with E-state index in [1.807, 2.05) is 34.6 Å². The number of nitrogens with zero attached hydrogens (tertiary/aromatic N) is 2. The third-order valence-electron chi connectivity index (χ3n) is 4.71. The van der Waals surface area contributed by atoms with Gasteiger partial charge in [0, 0.05) is 26.1 Å². The van der Waals surface area contributed by atoms with Gasteiger partial charge in [0.1, 0.15) is 11.7 Å². The van der Waals surface area contributed by atoms with Crippen molar-refractivity contribution in [3.63, 3.8) is 0 Å². The highest BCUT2D eigenvalue weighted by Gasteiger charge is 2.63. The summed E-state index contributed by atoms with van der Waals surface area (Å²) in [6, 6.07) is 0. The van der Waals surface area contributed by atoms with Gasteiger partial charge < -0.3 is 19.2 Å². The molecule has 6 heteroatoms. The second-order valence-electron chi connectivity index (χ2n) is 8.07. The molecule has 0 aromatic heterocycles. The van der Waals surface area contributed by atoms with Gasteiger partial charge in [0.15, 0.2) is 5.60 Å². The third-order valence-corrected chi connectivity index (χ3v) is 4.71. The monoisotopic (exact) mass is 310 g/mol. The summed E-state index contributed by atoms with van der Waals surface area (Å²) in [5, 5.41) is 4.27. The molecular formula is C16H26N2O4. The number of methoxy groups -OCH3 is 1. The van der Waals surface area contributed by atoms with Crippen molar-refractivity contribution in [1.82, 2.24) is 4.90 Å². The van der Waals surface area contributed by atoms with Crippen LogP contribution in [0.2, 0.25) is 0 Å². The predicted octanol–water partition coefficient (Wildman–Crippen LogP) is 2.28. The third kappa shape index (κ3) is 2.57. The molecule has 2 fully saturated rings. The van der Waals surface area contributed by atoms with Crippen LogP contribution < -0.4 is 0 Å². The van der Waals surface area contributed by atoms with Crippen LogP contribution in [0.5, 0.6) is 0 Å². The predicted molar refractivity (Wildman–Crippen MR) is 81.7 cm³/mol. The second kappa shape index (κ2) is 4.85. The number of rotatable bonds is 2. The first-order chi connectivity index (χ1) is 10.1. The molecule has 2 heterocycles. The van der Waals surface area contributed by atoms with E-state index in [0.29, 0.717) is 17.8 Å². The molecule has 0 bridgehead atoms. The van der Waals surface area contributed by atoms with E-state index in [9.17, 15) is 4.79 Å². The fourth-order valence-electron chi connectivity index (χ4n) is 3.70. The van der Waals surface area contributed by atoms with Crippen LogP contribution in [0.25, 0.3) is 0 Å². The van der Waals surface area contributed by atoms with Crippen LogP contribution in [0, 0.1) is 17.8 Å². The first kappa shape index (κ1) is 15.6. The summed E-state index contributed by atoms with van der Waals surface area (Å²) in [6.07, 6.45) is -0.315. The minimum Gasteiger partial charge on any atom is -0.444 e. The first-order valence-electron chi connectivity index (χ1n) is 7.91. The summed E-state index contributed by atoms with van der Waals surface area (Å²) >= 11 is 0. The molecule has 0 N–H and O–H groups in total. The number of ether oxygens (including phenoxy) is 2. The lowest BCUT2D eigenvalue weighted by atomic mass is 9.94. The van der Waals surface area contributed by atoms with Crippen molar-refractivity contribution in [2.45, 2.75) is 51.9 Å². The lowest BCUT2D eigenvalue weighted by molar-refractivity contribution is -0.0617. The van der Waals surface area contributed by atoms with Crippen molar-refractivity contribution in [3.8, 4) is 0 Å². The molecule has 2 aliphatic heterocycles. The highest BCUT2D eigenvalue weighted by atomic mass is 16.7. The second-order valence-corrected chi connectivity index (χ2v) is 8.07. The summed E-state index contributed by atoms with van der Waals surface area (Å²) < 4.78 is 11.0. The number of fused-ring (bicyclic) bond motifs is 1. The molecule has 3 atom stereocenters. The van der Waals surface area contributed by atoms with Gasteiger partial charge in [0.25, 0.3) is 0 Å². The first-order valence-corrected chi connectivity index (χ1v) is 7.91. The molecule has 1 saturated carbocycles. The molecule has 1 amide bonds. The number of hydrogen-bond donors (Lipinski definition) is 0. The fourth-order valence-corrected chi connectivity index (χ4v) is 3.70. The van der Waals surface area contributed by atoms with E-state index in [2.05, 4.69) is 5.16 Å². The van der Waals surface area contributed by atoms with Crippen LogP contribution in [0.1, 0.15) is 34.6 Å². The molecule has 0 aromatic rings. The number of piperidine rings is 1. The fraction of sp³-hybridized carbons (Fsp3) is 0.875. The van der Waals surface area contributed by atoms with Crippen LogP contribution in [0.3, 0.4) is 0 Å². The van der Waals surface area contributed by atoms with Gasteiger partial charge >= 0.3 is 6.09 Å². The Kier molecular flexibility index (Phi) is 3.43. The Morgan fingerprint density at radius 2 is 1.91 bits per heavy atom. The minimum absolute atomic E-state index is 0.0990. The number of oxime groups is 1. The molecule has 6 nitrogen and oxygen atoms in total. The zero-order chi connectivity index (χ0) is 16.3. The van der Waals surface area contributed by atoms with Crippen LogP contribution in [0.15, 0.2) is 5.16 Å². The summed E-state index contributed by atoms with van der Waals surface area (Å²) in [4.78, 5) is 19.4. The molecule has 1 aliphatic carbocycles. The van der Waals surface area contributed by atoms with Crippen molar-refractivity contribution < 1.29 is 19.1 Å². The SMILES string of the molecule is COC1C(C2C3CN(C(=O)OC(C)(C)C)CC32)=NOC1(C)C. The van der Waals surface area contributed by atoms with Crippen LogP contribution >= 0.6 is 0 Å². The molecule has 3 rings (SSSR count). The van der Waals surface area contributed by atoms with Gasteiger partial charge in [-0.25, -0.2) is 4.79 Å². The zero-order valence-corrected chi connectivity index (χ0v) is 14.3. The Morgan fingerprint density at radius 3 is 2.41 bits per heavy atom. The molecule has 0 radical (unpaired) electrons. The number of carbonyl (C=O) groups is 1. The van der Waals surface area contributed by atoms with Gasteiger partial charge in [-0.1, -0.05) is 5.16 Å². The highest BCUT2D eigenvalue weighted by Crippen LogP contribution is 2.55. The maximum atomic E-state index is 12.1. The van der Waals surface area contributed by atoms with E-state index in [4.69, 9.17) is 14.3 Å². The van der Waals surface area contributed by atoms with Gasteiger partial charge in [-0.05, 0) is 46.5 Å². The summed E-state index contributed by atoms with van der Waals surface area (Å²) in [5.74, 6) is 1.30. The van der Waals surface area contributed by atoms with Crippen LogP contribution in [-0.2, 0) is 14.3 Å². The molecule has 3 unspecified atom stereocenters. The molecule has 124 valence electrons. The maximum Gasteiger partial charge on any atom is 0.410 e. The normalized spacial score (nSPS) is 35.7. The molecule has 22 heavy (non-hydrogen) atoms. The molecule has 0 spiro atoms. The van der Waals surface area contributed by atoms with Crippen molar-refractivity contribution in [2.24, 2.45) is 22.9 Å². The Bertz CT molecular complexity index is 497. The van der Waals surface area contributed by atoms with Gasteiger partial charge in [0.2, 0.25) is 0 Å². The highest BCUT2D eigenvalue weighted by molar-refractivity contribution is 5.95. The summed E-state index contributed by atoms with van der Waals surface area (Å²) in [6.45, 7) is 11.1. The van der Waals surface area contributed by atoms with Gasteiger partial charge in [-0.15, -0.1) is 0 Å². The van der Waals surface area contributed by atoms with Gasteiger partial charge in [-0.2, -0.15) is 0 Å². The average Bonchev–Trinajstić information content (AvgIpc) is 2.76. The number of amides is 1. The Labute approximate surface area is 131 Å². The lowest BCUT2D eigenvalue weighted by Gasteiger charge is -2.27. The number of likely N-dealkylation sites (tertiary alicyclic amines) is 1. The maximum absolute atomic E-state index is 12.1. The molecule has 1 saturated heterocycles. The topological polar surface area (TPSA) is 60.4 Å². The minimum atomic E-state index is -0.447. The molecule has 0 aromatic carbocycles. The van der Waals surface area contributed by atoms with Crippen molar-refractivity contribution in [1.29, 1.82) is 0 Å². The average molecular weight is 310 g/mol. The Morgan fingerprint density at radius 1 is 1.32 bits per heavy atom. The zero-order valence-electron chi connectivity index (χ0n) is 14.3. The van der Waals surface area contributed by atoms with Crippen molar-refractivity contribution in [2.75, 3.05) is 20.2 Å². The lowest BCUT2D eigenvalue weighted by Crippen LogP contribution is -2.42. The molecular weight excluding hydrogens is 284 g/mol. The largest absolute Gasteiger partial charge is 0.444 e. The van der Waals surface area contributed by atoms with E-state index in [0.717, 1.165) is 18.8 Å². The standard InChI is InChI=1S/C16H26N2O4/c1-15(2,3)21-14(19)18-7-9-10(8-18)11(9)12-13(20-6)16(4,5)22-17-12/h9-11,13H,7-8H2,1-6H3.